The van der Waals surface area contributed by atoms with Crippen molar-refractivity contribution < 1.29 is 4.79 Å². The molecule has 0 N–H and O–H groups in total. The number of carbonyl (C=O) groups is 1. The summed E-state index contributed by atoms with van der Waals surface area (Å²) >= 11 is 7.49. The second kappa shape index (κ2) is 4.96. The molecule has 0 saturated carbocycles. The van der Waals surface area contributed by atoms with E-state index in [2.05, 4.69) is 4.90 Å². The molecule has 2 rings (SSSR count). The molecule has 0 radical (unpaired) electrons. The Kier molecular flexibility index (Phi) is 3.83. The number of carbonyl (C=O) groups excluding carboxylic acids is 1. The summed E-state index contributed by atoms with van der Waals surface area (Å²) in [6.45, 7) is 1.92. The summed E-state index contributed by atoms with van der Waals surface area (Å²) in [4.78, 5) is 14.4. The number of hydrogen-bond acceptors (Lipinski definition) is 2. The number of nitrogens with zero attached hydrogens (tertiary/aromatic N) is 1. The van der Waals surface area contributed by atoms with Crippen LogP contribution in [0.15, 0.2) is 0 Å². The Morgan fingerprint density at radius 1 is 1.20 bits per heavy atom. The van der Waals surface area contributed by atoms with E-state index in [9.17, 15) is 4.79 Å². The van der Waals surface area contributed by atoms with Crippen molar-refractivity contribution in [3.05, 3.63) is 0 Å². The molecule has 86 valence electrons. The normalized spacial score (nSPS) is 32.3. The lowest BCUT2D eigenvalue weighted by molar-refractivity contribution is -0.137. The molecule has 0 aromatic rings. The van der Waals surface area contributed by atoms with Crippen molar-refractivity contribution in [3.8, 4) is 0 Å². The maximum absolute atomic E-state index is 12.3. The molecular formula is C11H18ClNOS. The largest absolute Gasteiger partial charge is 0.341 e. The number of piperidine rings is 1. The zero-order valence-corrected chi connectivity index (χ0v) is 10.6. The number of halogens is 1. The molecule has 2 saturated heterocycles. The van der Waals surface area contributed by atoms with Gasteiger partial charge in [-0.1, -0.05) is 12.8 Å². The van der Waals surface area contributed by atoms with E-state index in [-0.39, 0.29) is 4.75 Å². The number of amides is 1. The summed E-state index contributed by atoms with van der Waals surface area (Å²) < 4.78 is -0.166. The van der Waals surface area contributed by atoms with E-state index in [1.165, 1.54) is 19.3 Å². The third-order valence-corrected chi connectivity index (χ3v) is 5.10. The van der Waals surface area contributed by atoms with Crippen molar-refractivity contribution in [2.45, 2.75) is 43.3 Å². The lowest BCUT2D eigenvalue weighted by Gasteiger charge is -2.42. The van der Waals surface area contributed by atoms with Crippen LogP contribution in [0.5, 0.6) is 0 Å². The molecule has 4 heteroatoms. The maximum atomic E-state index is 12.3. The van der Waals surface area contributed by atoms with Crippen LogP contribution in [0.2, 0.25) is 0 Å². The lowest BCUT2D eigenvalue weighted by Crippen LogP contribution is -2.52. The van der Waals surface area contributed by atoms with Crippen LogP contribution in [0.1, 0.15) is 38.5 Å². The first-order chi connectivity index (χ1) is 7.28. The Hall–Kier alpha value is 0.110. The summed E-state index contributed by atoms with van der Waals surface area (Å²) in [5.74, 6) is 0.360. The first kappa shape index (κ1) is 11.6. The van der Waals surface area contributed by atoms with Gasteiger partial charge in [0.15, 0.2) is 0 Å². The van der Waals surface area contributed by atoms with Gasteiger partial charge in [0.2, 0.25) is 5.91 Å². The SMILES string of the molecule is O=C1N2CCCCCC1(SCCl)CCC2. The Morgan fingerprint density at radius 3 is 2.73 bits per heavy atom. The highest BCUT2D eigenvalue weighted by Gasteiger charge is 2.44. The first-order valence-corrected chi connectivity index (χ1v) is 7.30. The summed E-state index contributed by atoms with van der Waals surface area (Å²) in [5, 5.41) is 0.541. The highest BCUT2D eigenvalue weighted by atomic mass is 35.5. The van der Waals surface area contributed by atoms with Gasteiger partial charge in [-0.15, -0.1) is 23.4 Å². The molecule has 15 heavy (non-hydrogen) atoms. The average molecular weight is 248 g/mol. The van der Waals surface area contributed by atoms with Gasteiger partial charge in [-0.05, 0) is 25.7 Å². The van der Waals surface area contributed by atoms with E-state index in [4.69, 9.17) is 11.6 Å². The van der Waals surface area contributed by atoms with Gasteiger partial charge in [-0.3, -0.25) is 4.79 Å². The predicted octanol–water partition coefficient (Wildman–Crippen LogP) is 2.85. The lowest BCUT2D eigenvalue weighted by atomic mass is 9.88. The molecule has 2 aliphatic heterocycles. The molecule has 2 fully saturated rings. The Labute approximate surface area is 101 Å². The van der Waals surface area contributed by atoms with Crippen LogP contribution in [-0.4, -0.2) is 33.9 Å². The zero-order valence-electron chi connectivity index (χ0n) is 9.01. The molecule has 2 nitrogen and oxygen atoms in total. The summed E-state index contributed by atoms with van der Waals surface area (Å²) in [5.41, 5.74) is 0. The minimum Gasteiger partial charge on any atom is -0.341 e. The van der Waals surface area contributed by atoms with Gasteiger partial charge in [0.25, 0.3) is 0 Å². The second-order valence-electron chi connectivity index (χ2n) is 4.45. The number of thioether (sulfide) groups is 1. The number of hydrogen-bond donors (Lipinski definition) is 0. The Morgan fingerprint density at radius 2 is 1.93 bits per heavy atom. The van der Waals surface area contributed by atoms with Crippen molar-refractivity contribution in [1.82, 2.24) is 4.90 Å². The van der Waals surface area contributed by atoms with E-state index in [0.29, 0.717) is 11.1 Å². The first-order valence-electron chi connectivity index (χ1n) is 5.78. The Balaban J connectivity index is 2.17. The summed E-state index contributed by atoms with van der Waals surface area (Å²) in [6.07, 6.45) is 6.82. The van der Waals surface area contributed by atoms with E-state index in [1.54, 1.807) is 11.8 Å². The van der Waals surface area contributed by atoms with E-state index in [0.717, 1.165) is 32.4 Å². The fourth-order valence-electron chi connectivity index (χ4n) is 2.70. The van der Waals surface area contributed by atoms with Gasteiger partial charge in [0, 0.05) is 13.1 Å². The van der Waals surface area contributed by atoms with Gasteiger partial charge < -0.3 is 4.90 Å². The summed E-state index contributed by atoms with van der Waals surface area (Å²) in [7, 11) is 0. The number of alkyl halides is 1. The predicted molar refractivity (Wildman–Crippen MR) is 65.3 cm³/mol. The highest BCUT2D eigenvalue weighted by molar-refractivity contribution is 8.02. The molecule has 0 aromatic heterocycles. The van der Waals surface area contributed by atoms with Crippen LogP contribution in [-0.2, 0) is 4.79 Å². The van der Waals surface area contributed by atoms with E-state index < -0.39 is 0 Å². The highest BCUT2D eigenvalue weighted by Crippen LogP contribution is 2.41. The van der Waals surface area contributed by atoms with Crippen LogP contribution >= 0.6 is 23.4 Å². The third kappa shape index (κ3) is 2.28. The van der Waals surface area contributed by atoms with E-state index in [1.807, 2.05) is 0 Å². The molecule has 0 spiro atoms. The van der Waals surface area contributed by atoms with Crippen molar-refractivity contribution in [1.29, 1.82) is 0 Å². The van der Waals surface area contributed by atoms with Crippen molar-refractivity contribution in [3.63, 3.8) is 0 Å². The fourth-order valence-corrected chi connectivity index (χ4v) is 4.36. The minimum atomic E-state index is -0.166. The molecule has 0 aliphatic carbocycles. The fraction of sp³-hybridized carbons (Fsp3) is 0.909. The van der Waals surface area contributed by atoms with Crippen LogP contribution < -0.4 is 0 Å². The van der Waals surface area contributed by atoms with Crippen LogP contribution in [0.25, 0.3) is 0 Å². The van der Waals surface area contributed by atoms with Crippen molar-refractivity contribution >= 4 is 29.3 Å². The molecule has 2 heterocycles. The molecular weight excluding hydrogens is 230 g/mol. The molecule has 1 amide bonds. The molecule has 0 aromatic carbocycles. The van der Waals surface area contributed by atoms with Gasteiger partial charge in [-0.25, -0.2) is 0 Å². The number of rotatable bonds is 2. The van der Waals surface area contributed by atoms with Crippen LogP contribution in [0, 0.1) is 0 Å². The van der Waals surface area contributed by atoms with Gasteiger partial charge in [0.1, 0.15) is 0 Å². The molecule has 2 aliphatic rings. The molecule has 1 atom stereocenters. The Bertz CT molecular complexity index is 245. The number of fused-ring (bicyclic) bond motifs is 2. The topological polar surface area (TPSA) is 20.3 Å². The van der Waals surface area contributed by atoms with Crippen molar-refractivity contribution in [2.75, 3.05) is 18.3 Å². The van der Waals surface area contributed by atoms with Gasteiger partial charge in [-0.2, -0.15) is 0 Å². The van der Waals surface area contributed by atoms with Gasteiger partial charge in [0.05, 0.1) is 9.96 Å². The quantitative estimate of drug-likeness (QED) is 0.700. The van der Waals surface area contributed by atoms with E-state index >= 15 is 0 Å². The summed E-state index contributed by atoms with van der Waals surface area (Å²) in [6, 6.07) is 0. The smallest absolute Gasteiger partial charge is 0.238 e. The molecule has 1 unspecified atom stereocenters. The standard InChI is InChI=1S/C11H18ClNOS/c12-9-15-11-5-2-1-3-7-13(10(11)14)8-4-6-11/h1-9H2. The second-order valence-corrected chi connectivity index (χ2v) is 6.40. The van der Waals surface area contributed by atoms with Crippen LogP contribution in [0.3, 0.4) is 0 Å². The molecule has 2 bridgehead atoms. The average Bonchev–Trinajstić information content (AvgIpc) is 2.24. The minimum absolute atomic E-state index is 0.166. The van der Waals surface area contributed by atoms with Crippen molar-refractivity contribution in [2.24, 2.45) is 0 Å². The van der Waals surface area contributed by atoms with Gasteiger partial charge >= 0.3 is 0 Å². The monoisotopic (exact) mass is 247 g/mol. The van der Waals surface area contributed by atoms with Crippen LogP contribution in [0.4, 0.5) is 0 Å². The zero-order chi connectivity index (χ0) is 10.7. The third-order valence-electron chi connectivity index (χ3n) is 3.53. The maximum Gasteiger partial charge on any atom is 0.238 e.